The van der Waals surface area contributed by atoms with Crippen molar-refractivity contribution in [3.05, 3.63) is 45.8 Å². The first-order valence-electron chi connectivity index (χ1n) is 5.12. The molecule has 0 aliphatic carbocycles. The summed E-state index contributed by atoms with van der Waals surface area (Å²) < 4.78 is 1.13. The van der Waals surface area contributed by atoms with E-state index in [4.69, 9.17) is 0 Å². The van der Waals surface area contributed by atoms with Crippen LogP contribution in [0.1, 0.15) is 5.69 Å². The Morgan fingerprint density at radius 3 is 2.56 bits per heavy atom. The van der Waals surface area contributed by atoms with E-state index in [1.165, 1.54) is 10.8 Å². The van der Waals surface area contributed by atoms with Crippen molar-refractivity contribution in [3.8, 4) is 0 Å². The first-order chi connectivity index (χ1) is 7.74. The molecular weight excluding hydrogens is 311 g/mol. The van der Waals surface area contributed by atoms with Gasteiger partial charge in [-0.1, -0.05) is 12.1 Å². The van der Waals surface area contributed by atoms with Crippen molar-refractivity contribution >= 4 is 44.4 Å². The van der Waals surface area contributed by atoms with Crippen molar-refractivity contribution < 1.29 is 4.98 Å². The highest BCUT2D eigenvalue weighted by Crippen LogP contribution is 2.20. The van der Waals surface area contributed by atoms with E-state index in [9.17, 15) is 0 Å². The molecule has 0 fully saturated rings. The summed E-state index contributed by atoms with van der Waals surface area (Å²) in [6.07, 6.45) is 0. The minimum Gasteiger partial charge on any atom is -0.246 e. The van der Waals surface area contributed by atoms with Crippen molar-refractivity contribution in [2.45, 2.75) is 6.92 Å². The van der Waals surface area contributed by atoms with Gasteiger partial charge in [-0.3, -0.25) is 0 Å². The van der Waals surface area contributed by atoms with Crippen LogP contribution in [-0.2, 0) is 0 Å². The van der Waals surface area contributed by atoms with Crippen LogP contribution < -0.4 is 4.98 Å². The van der Waals surface area contributed by atoms with E-state index in [1.807, 2.05) is 13.0 Å². The number of aromatic amines is 1. The third-order valence-electron chi connectivity index (χ3n) is 2.69. The number of aromatic nitrogens is 2. The molecule has 1 aromatic carbocycles. The maximum Gasteiger partial charge on any atom is 0.240 e. The summed E-state index contributed by atoms with van der Waals surface area (Å²) >= 11 is 2.29. The van der Waals surface area contributed by atoms with Crippen molar-refractivity contribution in [3.63, 3.8) is 0 Å². The first kappa shape index (κ1) is 9.96. The molecule has 0 spiro atoms. The van der Waals surface area contributed by atoms with Gasteiger partial charge in [0.1, 0.15) is 5.52 Å². The summed E-state index contributed by atoms with van der Waals surface area (Å²) in [6, 6.07) is 12.6. The fourth-order valence-corrected chi connectivity index (χ4v) is 2.35. The minimum absolute atomic E-state index is 1.05. The molecule has 0 amide bonds. The molecule has 3 aromatic rings. The average Bonchev–Trinajstić information content (AvgIpc) is 2.29. The molecule has 0 aliphatic heterocycles. The highest BCUT2D eigenvalue weighted by molar-refractivity contribution is 14.1. The number of hydrogen-bond donors (Lipinski definition) is 0. The van der Waals surface area contributed by atoms with Gasteiger partial charge in [-0.25, -0.2) is 4.98 Å². The van der Waals surface area contributed by atoms with E-state index in [0.29, 0.717) is 0 Å². The lowest BCUT2D eigenvalue weighted by molar-refractivity contribution is -0.360. The van der Waals surface area contributed by atoms with Crippen LogP contribution in [0, 0.1) is 10.6 Å². The number of pyridine rings is 2. The van der Waals surface area contributed by atoms with E-state index in [-0.39, 0.29) is 0 Å². The summed E-state index contributed by atoms with van der Waals surface area (Å²) in [6.45, 7) is 2.02. The molecule has 3 rings (SSSR count). The summed E-state index contributed by atoms with van der Waals surface area (Å²) in [4.78, 5) is 7.99. The molecular formula is C13H10IN2+. The largest absolute Gasteiger partial charge is 0.246 e. The maximum atomic E-state index is 4.61. The number of H-pyrrole nitrogens is 1. The van der Waals surface area contributed by atoms with Crippen LogP contribution in [0.25, 0.3) is 21.8 Å². The Kier molecular flexibility index (Phi) is 2.28. The molecule has 0 unspecified atom stereocenters. The van der Waals surface area contributed by atoms with Gasteiger partial charge in [0, 0.05) is 45.1 Å². The molecule has 0 aliphatic rings. The Bertz CT molecular complexity index is 631. The monoisotopic (exact) mass is 321 g/mol. The Balaban J connectivity index is 2.55. The van der Waals surface area contributed by atoms with Crippen LogP contribution in [0.5, 0.6) is 0 Å². The number of halogens is 1. The van der Waals surface area contributed by atoms with Crippen molar-refractivity contribution in [2.75, 3.05) is 0 Å². The zero-order valence-corrected chi connectivity index (χ0v) is 10.9. The molecule has 3 heteroatoms. The fraction of sp³-hybridized carbons (Fsp3) is 0.0769. The molecule has 2 aromatic heterocycles. The van der Waals surface area contributed by atoms with Gasteiger partial charge in [0.15, 0.2) is 0 Å². The molecule has 0 bridgehead atoms. The second-order valence-electron chi connectivity index (χ2n) is 3.86. The summed E-state index contributed by atoms with van der Waals surface area (Å²) in [7, 11) is 0. The van der Waals surface area contributed by atoms with E-state index in [0.717, 1.165) is 20.4 Å². The van der Waals surface area contributed by atoms with Crippen molar-refractivity contribution in [1.29, 1.82) is 0 Å². The lowest BCUT2D eigenvalue weighted by Gasteiger charge is -1.99. The lowest BCUT2D eigenvalue weighted by Crippen LogP contribution is -2.09. The van der Waals surface area contributed by atoms with Crippen molar-refractivity contribution in [2.24, 2.45) is 0 Å². The van der Waals surface area contributed by atoms with E-state index in [2.05, 4.69) is 62.9 Å². The highest BCUT2D eigenvalue weighted by atomic mass is 127. The highest BCUT2D eigenvalue weighted by Gasteiger charge is 2.09. The molecule has 0 atom stereocenters. The summed E-state index contributed by atoms with van der Waals surface area (Å²) in [5.41, 5.74) is 3.22. The average molecular weight is 321 g/mol. The molecule has 0 saturated heterocycles. The normalized spacial score (nSPS) is 11.1. The second-order valence-corrected chi connectivity index (χ2v) is 5.02. The Hall–Kier alpha value is -1.23. The van der Waals surface area contributed by atoms with Crippen LogP contribution >= 0.6 is 22.6 Å². The number of fused-ring (bicyclic) bond motifs is 3. The maximum absolute atomic E-state index is 4.61. The topological polar surface area (TPSA) is 27.0 Å². The number of aryl methyl sites for hydroxylation is 1. The predicted octanol–water partition coefficient (Wildman–Crippen LogP) is 3.12. The van der Waals surface area contributed by atoms with Gasteiger partial charge in [-0.05, 0) is 25.1 Å². The molecule has 2 heterocycles. The van der Waals surface area contributed by atoms with Crippen LogP contribution in [0.2, 0.25) is 0 Å². The smallest absolute Gasteiger partial charge is 0.240 e. The summed E-state index contributed by atoms with van der Waals surface area (Å²) in [5.74, 6) is 0. The van der Waals surface area contributed by atoms with E-state index in [1.54, 1.807) is 0 Å². The first-order valence-corrected chi connectivity index (χ1v) is 6.20. The Morgan fingerprint density at radius 1 is 1.00 bits per heavy atom. The molecule has 2 nitrogen and oxygen atoms in total. The Morgan fingerprint density at radius 2 is 1.69 bits per heavy atom. The van der Waals surface area contributed by atoms with E-state index >= 15 is 0 Å². The van der Waals surface area contributed by atoms with E-state index < -0.39 is 0 Å². The van der Waals surface area contributed by atoms with Gasteiger partial charge < -0.3 is 0 Å². The van der Waals surface area contributed by atoms with Gasteiger partial charge in [-0.2, -0.15) is 4.98 Å². The third kappa shape index (κ3) is 1.55. The van der Waals surface area contributed by atoms with Crippen molar-refractivity contribution in [1.82, 2.24) is 4.98 Å². The van der Waals surface area contributed by atoms with Gasteiger partial charge in [-0.15, -0.1) is 0 Å². The van der Waals surface area contributed by atoms with Crippen LogP contribution in [0.3, 0.4) is 0 Å². The SMILES string of the molecule is Cc1ccc2ccc3ccc(I)[nH+]c3c2n1. The van der Waals surface area contributed by atoms with Gasteiger partial charge >= 0.3 is 0 Å². The molecule has 0 saturated carbocycles. The number of hydrogen-bond acceptors (Lipinski definition) is 1. The standard InChI is InChI=1S/C13H9IN2/c1-8-2-3-9-4-5-10-6-7-11(14)16-13(10)12(9)15-8/h2-7H,1H3/p+1. The van der Waals surface area contributed by atoms with Gasteiger partial charge in [0.05, 0.1) is 0 Å². The van der Waals surface area contributed by atoms with Gasteiger partial charge in [0.25, 0.3) is 0 Å². The zero-order valence-electron chi connectivity index (χ0n) is 8.79. The number of benzene rings is 1. The molecule has 1 N–H and O–H groups in total. The molecule has 78 valence electrons. The Labute approximate surface area is 107 Å². The van der Waals surface area contributed by atoms with Gasteiger partial charge in [0.2, 0.25) is 9.22 Å². The van der Waals surface area contributed by atoms with Crippen LogP contribution in [0.4, 0.5) is 0 Å². The lowest BCUT2D eigenvalue weighted by atomic mass is 10.1. The van der Waals surface area contributed by atoms with Crippen LogP contribution in [-0.4, -0.2) is 4.98 Å². The third-order valence-corrected chi connectivity index (χ3v) is 3.32. The van der Waals surface area contributed by atoms with Crippen LogP contribution in [0.15, 0.2) is 36.4 Å². The quantitative estimate of drug-likeness (QED) is 0.355. The zero-order chi connectivity index (χ0) is 11.1. The predicted molar refractivity (Wildman–Crippen MR) is 73.3 cm³/mol. The number of nitrogens with zero attached hydrogens (tertiary/aromatic N) is 1. The molecule has 16 heavy (non-hydrogen) atoms. The second kappa shape index (κ2) is 3.66. The molecule has 0 radical (unpaired) electrons. The number of nitrogens with one attached hydrogen (secondary N) is 1. The minimum atomic E-state index is 1.05. The summed E-state index contributed by atoms with van der Waals surface area (Å²) in [5, 5.41) is 2.38. The fourth-order valence-electron chi connectivity index (χ4n) is 1.90. The number of rotatable bonds is 0.